The van der Waals surface area contributed by atoms with Gasteiger partial charge in [-0.1, -0.05) is 26.0 Å². The van der Waals surface area contributed by atoms with Crippen LogP contribution in [0.15, 0.2) is 12.2 Å². The van der Waals surface area contributed by atoms with Gasteiger partial charge in [-0.05, 0) is 81.0 Å². The normalized spacial score (nSPS) is 42.5. The molecule has 0 radical (unpaired) electrons. The van der Waals surface area contributed by atoms with Crippen molar-refractivity contribution in [1.29, 1.82) is 0 Å². The minimum atomic E-state index is -0.0881. The van der Waals surface area contributed by atoms with Crippen LogP contribution < -0.4 is 0 Å². The summed E-state index contributed by atoms with van der Waals surface area (Å²) in [6, 6.07) is 0. The zero-order valence-corrected chi connectivity index (χ0v) is 17.1. The smallest absolute Gasteiger partial charge is 0.305 e. The second-order valence-corrected chi connectivity index (χ2v) is 9.46. The standard InChI is InChI=1S/C23H36O3/c1-5-6-7-16-8-9-17-18-10-11-20(24)23(18,3)14-12-19(17)22(16,2)15-13-21(25)26-4/h5-6,16-19H,7-15H2,1-4H3/b6-5+/t16-,17+,18+,19+,22+,23+/m1/s1. The largest absolute Gasteiger partial charge is 0.469 e. The van der Waals surface area contributed by atoms with E-state index in [0.717, 1.165) is 38.5 Å². The minimum absolute atomic E-state index is 0.0689. The maximum atomic E-state index is 12.6. The summed E-state index contributed by atoms with van der Waals surface area (Å²) in [5.41, 5.74) is 0.101. The van der Waals surface area contributed by atoms with Gasteiger partial charge in [0.25, 0.3) is 0 Å². The molecule has 3 heteroatoms. The molecule has 0 aromatic carbocycles. The molecule has 0 aromatic rings. The van der Waals surface area contributed by atoms with Gasteiger partial charge >= 0.3 is 5.97 Å². The Labute approximate surface area is 158 Å². The molecule has 0 spiro atoms. The third kappa shape index (κ3) is 3.16. The van der Waals surface area contributed by atoms with Gasteiger partial charge in [0, 0.05) is 18.3 Å². The van der Waals surface area contributed by atoms with Gasteiger partial charge in [-0.25, -0.2) is 0 Å². The molecule has 146 valence electrons. The van der Waals surface area contributed by atoms with Crippen molar-refractivity contribution in [2.75, 3.05) is 7.11 Å². The van der Waals surface area contributed by atoms with Crippen LogP contribution in [0, 0.1) is 34.5 Å². The summed E-state index contributed by atoms with van der Waals surface area (Å²) < 4.78 is 4.94. The highest BCUT2D eigenvalue weighted by molar-refractivity contribution is 5.87. The molecule has 3 saturated carbocycles. The fourth-order valence-corrected chi connectivity index (χ4v) is 6.86. The van der Waals surface area contributed by atoms with Gasteiger partial charge in [-0.2, -0.15) is 0 Å². The molecule has 26 heavy (non-hydrogen) atoms. The Hall–Kier alpha value is -1.12. The molecule has 0 amide bonds. The van der Waals surface area contributed by atoms with Gasteiger partial charge in [0.1, 0.15) is 5.78 Å². The molecule has 0 heterocycles. The highest BCUT2D eigenvalue weighted by Gasteiger charge is 2.59. The molecule has 0 bridgehead atoms. The topological polar surface area (TPSA) is 43.4 Å². The van der Waals surface area contributed by atoms with Crippen LogP contribution in [0.25, 0.3) is 0 Å². The SMILES string of the molecule is C/C=C/C[C@@H]1CC[C@@H]2[C@H](CC[C@]3(C)C(=O)CC[C@@H]23)[C@@]1(C)CCC(=O)OC. The van der Waals surface area contributed by atoms with Crippen molar-refractivity contribution in [2.24, 2.45) is 34.5 Å². The van der Waals surface area contributed by atoms with Crippen molar-refractivity contribution in [1.82, 2.24) is 0 Å². The van der Waals surface area contributed by atoms with E-state index < -0.39 is 0 Å². The van der Waals surface area contributed by atoms with Crippen molar-refractivity contribution in [3.63, 3.8) is 0 Å². The lowest BCUT2D eigenvalue weighted by Crippen LogP contribution is -2.52. The summed E-state index contributed by atoms with van der Waals surface area (Å²) >= 11 is 0. The van der Waals surface area contributed by atoms with E-state index in [1.54, 1.807) is 0 Å². The molecule has 3 aliphatic rings. The summed E-state index contributed by atoms with van der Waals surface area (Å²) in [6.45, 7) is 6.76. The maximum Gasteiger partial charge on any atom is 0.305 e. The number of hydrogen-bond acceptors (Lipinski definition) is 3. The maximum absolute atomic E-state index is 12.6. The molecular formula is C23H36O3. The van der Waals surface area contributed by atoms with E-state index >= 15 is 0 Å². The van der Waals surface area contributed by atoms with E-state index in [1.165, 1.54) is 20.0 Å². The fraction of sp³-hybridized carbons (Fsp3) is 0.826. The highest BCUT2D eigenvalue weighted by atomic mass is 16.5. The predicted octanol–water partition coefficient (Wildman–Crippen LogP) is 5.33. The lowest BCUT2D eigenvalue weighted by molar-refractivity contribution is -0.144. The second kappa shape index (κ2) is 7.48. The number of fused-ring (bicyclic) bond motifs is 3. The van der Waals surface area contributed by atoms with Crippen LogP contribution in [0.1, 0.15) is 78.6 Å². The number of allylic oxidation sites excluding steroid dienone is 2. The fourth-order valence-electron chi connectivity index (χ4n) is 6.86. The number of carbonyl (C=O) groups excluding carboxylic acids is 2. The van der Waals surface area contributed by atoms with Crippen molar-refractivity contribution >= 4 is 11.8 Å². The van der Waals surface area contributed by atoms with Crippen molar-refractivity contribution in [3.05, 3.63) is 12.2 Å². The van der Waals surface area contributed by atoms with Gasteiger partial charge in [0.05, 0.1) is 7.11 Å². The molecule has 0 N–H and O–H groups in total. The zero-order valence-electron chi connectivity index (χ0n) is 17.1. The number of methoxy groups -OCH3 is 1. The summed E-state index contributed by atoms with van der Waals surface area (Å²) in [5.74, 6) is 2.91. The quantitative estimate of drug-likeness (QED) is 0.491. The first-order chi connectivity index (χ1) is 12.4. The minimum Gasteiger partial charge on any atom is -0.469 e. The summed E-state index contributed by atoms with van der Waals surface area (Å²) in [7, 11) is 1.49. The molecule has 0 aliphatic heterocycles. The number of esters is 1. The molecule has 3 nitrogen and oxygen atoms in total. The molecular weight excluding hydrogens is 324 g/mol. The Morgan fingerprint density at radius 3 is 2.65 bits per heavy atom. The lowest BCUT2D eigenvalue weighted by Gasteiger charge is -2.58. The Bertz CT molecular complexity index is 580. The van der Waals surface area contributed by atoms with Crippen molar-refractivity contribution < 1.29 is 14.3 Å². The summed E-state index contributed by atoms with van der Waals surface area (Å²) in [4.78, 5) is 24.4. The number of ketones is 1. The Balaban J connectivity index is 1.86. The number of rotatable bonds is 5. The first-order valence-electron chi connectivity index (χ1n) is 10.6. The van der Waals surface area contributed by atoms with Crippen molar-refractivity contribution in [3.8, 4) is 0 Å². The molecule has 3 rings (SSSR count). The third-order valence-electron chi connectivity index (χ3n) is 8.53. The van der Waals surface area contributed by atoms with Gasteiger partial charge in [-0.3, -0.25) is 9.59 Å². The molecule has 3 fully saturated rings. The van der Waals surface area contributed by atoms with E-state index in [1.807, 2.05) is 0 Å². The van der Waals surface area contributed by atoms with Crippen molar-refractivity contribution in [2.45, 2.75) is 78.6 Å². The lowest BCUT2D eigenvalue weighted by atomic mass is 9.46. The van der Waals surface area contributed by atoms with Crippen LogP contribution >= 0.6 is 0 Å². The van der Waals surface area contributed by atoms with Gasteiger partial charge in [0.2, 0.25) is 0 Å². The Kier molecular flexibility index (Phi) is 5.65. The Morgan fingerprint density at radius 1 is 1.19 bits per heavy atom. The third-order valence-corrected chi connectivity index (χ3v) is 8.53. The van der Waals surface area contributed by atoms with E-state index in [0.29, 0.717) is 35.9 Å². The first-order valence-corrected chi connectivity index (χ1v) is 10.6. The van der Waals surface area contributed by atoms with E-state index in [9.17, 15) is 9.59 Å². The number of Topliss-reactive ketones (excluding diaryl/α,β-unsaturated/α-hetero) is 1. The average molecular weight is 361 g/mol. The van der Waals surface area contributed by atoms with Crippen LogP contribution in [-0.4, -0.2) is 18.9 Å². The number of hydrogen-bond donors (Lipinski definition) is 0. The summed E-state index contributed by atoms with van der Waals surface area (Å²) in [5, 5.41) is 0. The van der Waals surface area contributed by atoms with Gasteiger partial charge in [-0.15, -0.1) is 0 Å². The molecule has 0 saturated heterocycles. The highest BCUT2D eigenvalue weighted by Crippen LogP contribution is 2.64. The van der Waals surface area contributed by atoms with Crippen LogP contribution in [0.3, 0.4) is 0 Å². The molecule has 0 aromatic heterocycles. The monoisotopic (exact) mass is 360 g/mol. The van der Waals surface area contributed by atoms with Crippen LogP contribution in [0.5, 0.6) is 0 Å². The average Bonchev–Trinajstić information content (AvgIpc) is 2.94. The number of carbonyl (C=O) groups is 2. The van der Waals surface area contributed by atoms with E-state index in [-0.39, 0.29) is 16.8 Å². The van der Waals surface area contributed by atoms with Crippen LogP contribution in [0.4, 0.5) is 0 Å². The molecule has 6 atom stereocenters. The molecule has 3 aliphatic carbocycles. The van der Waals surface area contributed by atoms with Gasteiger partial charge < -0.3 is 4.74 Å². The van der Waals surface area contributed by atoms with Crippen LogP contribution in [0.2, 0.25) is 0 Å². The number of ether oxygens (including phenoxy) is 1. The zero-order chi connectivity index (χ0) is 18.9. The summed E-state index contributed by atoms with van der Waals surface area (Å²) in [6.07, 6.45) is 13.5. The van der Waals surface area contributed by atoms with Gasteiger partial charge in [0.15, 0.2) is 0 Å². The first kappa shape index (κ1) is 19.6. The van der Waals surface area contributed by atoms with Crippen LogP contribution in [-0.2, 0) is 14.3 Å². The Morgan fingerprint density at radius 2 is 1.96 bits per heavy atom. The van der Waals surface area contributed by atoms with E-state index in [2.05, 4.69) is 32.9 Å². The molecule has 0 unspecified atom stereocenters. The van der Waals surface area contributed by atoms with E-state index in [4.69, 9.17) is 4.74 Å². The second-order valence-electron chi connectivity index (χ2n) is 9.46. The predicted molar refractivity (Wildman–Crippen MR) is 104 cm³/mol.